The molecule has 0 unspecified atom stereocenters. The summed E-state index contributed by atoms with van der Waals surface area (Å²) in [6.45, 7) is 3.02. The van der Waals surface area contributed by atoms with E-state index in [0.717, 1.165) is 20.6 Å². The third kappa shape index (κ3) is 6.44. The average molecular weight is 531 g/mol. The zero-order valence-electron chi connectivity index (χ0n) is 17.7. The first kappa shape index (κ1) is 25.2. The molecule has 31 heavy (non-hydrogen) atoms. The van der Waals surface area contributed by atoms with Gasteiger partial charge in [-0.15, -0.1) is 0 Å². The summed E-state index contributed by atoms with van der Waals surface area (Å²) in [5, 5.41) is 2.98. The van der Waals surface area contributed by atoms with Crippen molar-refractivity contribution in [3.05, 3.63) is 63.1 Å². The van der Waals surface area contributed by atoms with E-state index in [4.69, 9.17) is 11.6 Å². The number of benzene rings is 2. The molecule has 10 heteroatoms. The second-order valence-corrected chi connectivity index (χ2v) is 10.3. The van der Waals surface area contributed by atoms with Crippen molar-refractivity contribution in [2.75, 3.05) is 24.2 Å². The van der Waals surface area contributed by atoms with Gasteiger partial charge in [0.15, 0.2) is 0 Å². The SMILES string of the molecule is CNC(=O)[C@H](C)N(Cc1ccccc1Cl)C(=O)CN(c1ccc(Br)c(C)c1)S(C)(=O)=O. The number of nitrogens with zero attached hydrogens (tertiary/aromatic N) is 2. The minimum Gasteiger partial charge on any atom is -0.357 e. The van der Waals surface area contributed by atoms with E-state index in [1.807, 2.05) is 6.92 Å². The number of hydrogen-bond acceptors (Lipinski definition) is 4. The van der Waals surface area contributed by atoms with Crippen molar-refractivity contribution in [2.24, 2.45) is 0 Å². The van der Waals surface area contributed by atoms with E-state index in [0.29, 0.717) is 16.3 Å². The lowest BCUT2D eigenvalue weighted by atomic mass is 10.1. The van der Waals surface area contributed by atoms with Crippen LogP contribution in [0, 0.1) is 6.92 Å². The van der Waals surface area contributed by atoms with Gasteiger partial charge in [-0.05, 0) is 49.2 Å². The molecule has 0 aliphatic carbocycles. The maximum atomic E-state index is 13.3. The largest absolute Gasteiger partial charge is 0.357 e. The van der Waals surface area contributed by atoms with Crippen molar-refractivity contribution >= 4 is 55.1 Å². The Balaban J connectivity index is 2.42. The van der Waals surface area contributed by atoms with Crippen LogP contribution in [0.2, 0.25) is 5.02 Å². The molecule has 0 aliphatic heterocycles. The number of nitrogens with one attached hydrogen (secondary N) is 1. The average Bonchev–Trinajstić information content (AvgIpc) is 2.71. The van der Waals surface area contributed by atoms with Gasteiger partial charge >= 0.3 is 0 Å². The predicted octanol–water partition coefficient (Wildman–Crippen LogP) is 3.34. The lowest BCUT2D eigenvalue weighted by Gasteiger charge is -2.31. The van der Waals surface area contributed by atoms with Crippen molar-refractivity contribution in [3.63, 3.8) is 0 Å². The molecule has 0 fully saturated rings. The summed E-state index contributed by atoms with van der Waals surface area (Å²) in [6, 6.07) is 11.2. The van der Waals surface area contributed by atoms with Crippen molar-refractivity contribution in [2.45, 2.75) is 26.4 Å². The summed E-state index contributed by atoms with van der Waals surface area (Å²) < 4.78 is 26.9. The molecule has 2 rings (SSSR count). The van der Waals surface area contributed by atoms with Gasteiger partial charge in [0.05, 0.1) is 11.9 Å². The molecule has 0 saturated heterocycles. The van der Waals surface area contributed by atoms with Crippen molar-refractivity contribution in [3.8, 4) is 0 Å². The second-order valence-electron chi connectivity index (χ2n) is 7.11. The molecule has 0 saturated carbocycles. The Labute approximate surface area is 196 Å². The number of halogens is 2. The Bertz CT molecular complexity index is 1080. The number of aryl methyl sites for hydroxylation is 1. The Hall–Kier alpha value is -2.10. The van der Waals surface area contributed by atoms with Gasteiger partial charge < -0.3 is 10.2 Å². The van der Waals surface area contributed by atoms with Gasteiger partial charge in [0.1, 0.15) is 12.6 Å². The summed E-state index contributed by atoms with van der Waals surface area (Å²) in [7, 11) is -2.29. The van der Waals surface area contributed by atoms with Crippen LogP contribution >= 0.6 is 27.5 Å². The van der Waals surface area contributed by atoms with E-state index >= 15 is 0 Å². The lowest BCUT2D eigenvalue weighted by Crippen LogP contribution is -2.50. The number of rotatable bonds is 8. The highest BCUT2D eigenvalue weighted by atomic mass is 79.9. The van der Waals surface area contributed by atoms with Crippen LogP contribution in [0.3, 0.4) is 0 Å². The molecule has 0 aromatic heterocycles. The zero-order valence-corrected chi connectivity index (χ0v) is 20.9. The van der Waals surface area contributed by atoms with Gasteiger partial charge in [-0.2, -0.15) is 0 Å². The molecule has 7 nitrogen and oxygen atoms in total. The molecule has 0 heterocycles. The first-order chi connectivity index (χ1) is 14.5. The highest BCUT2D eigenvalue weighted by Gasteiger charge is 2.30. The standard InChI is InChI=1S/C21H25BrClN3O4S/c1-14-11-17(9-10-18(14)22)26(31(4,29)30)13-20(27)25(15(2)21(28)24-3)12-16-7-5-6-8-19(16)23/h5-11,15H,12-13H2,1-4H3,(H,24,28)/t15-/m0/s1. The van der Waals surface area contributed by atoms with Gasteiger partial charge in [0, 0.05) is 23.1 Å². The highest BCUT2D eigenvalue weighted by molar-refractivity contribution is 9.10. The number of anilines is 1. The number of amides is 2. The van der Waals surface area contributed by atoms with E-state index in [-0.39, 0.29) is 12.5 Å². The molecule has 0 aliphatic rings. The van der Waals surface area contributed by atoms with Crippen LogP contribution < -0.4 is 9.62 Å². The fourth-order valence-corrected chi connectivity index (χ4v) is 4.28. The van der Waals surface area contributed by atoms with Crippen LogP contribution in [0.5, 0.6) is 0 Å². The molecule has 1 N–H and O–H groups in total. The Morgan fingerprint density at radius 1 is 1.19 bits per heavy atom. The molecule has 0 radical (unpaired) electrons. The molecule has 2 amide bonds. The third-order valence-electron chi connectivity index (χ3n) is 4.82. The van der Waals surface area contributed by atoms with Gasteiger partial charge in [-0.25, -0.2) is 8.42 Å². The first-order valence-corrected chi connectivity index (χ1v) is 12.5. The van der Waals surface area contributed by atoms with E-state index in [1.54, 1.807) is 49.4 Å². The summed E-state index contributed by atoms with van der Waals surface area (Å²) in [5.74, 6) is -0.896. The fraction of sp³-hybridized carbons (Fsp3) is 0.333. The van der Waals surface area contributed by atoms with Gasteiger partial charge in [-0.1, -0.05) is 45.7 Å². The minimum atomic E-state index is -3.76. The topological polar surface area (TPSA) is 86.8 Å². The minimum absolute atomic E-state index is 0.0596. The zero-order chi connectivity index (χ0) is 23.3. The van der Waals surface area contributed by atoms with Crippen molar-refractivity contribution < 1.29 is 18.0 Å². The number of hydrogen-bond donors (Lipinski definition) is 1. The van der Waals surface area contributed by atoms with E-state index in [1.165, 1.54) is 11.9 Å². The molecule has 2 aromatic rings. The molecule has 2 aromatic carbocycles. The summed E-state index contributed by atoms with van der Waals surface area (Å²) in [5.41, 5.74) is 1.84. The Morgan fingerprint density at radius 3 is 2.39 bits per heavy atom. The smallest absolute Gasteiger partial charge is 0.244 e. The Kier molecular flexibility index (Phi) is 8.50. The summed E-state index contributed by atoms with van der Waals surface area (Å²) >= 11 is 9.64. The normalized spacial score (nSPS) is 12.2. The first-order valence-electron chi connectivity index (χ1n) is 9.44. The number of sulfonamides is 1. The molecular weight excluding hydrogens is 506 g/mol. The third-order valence-corrected chi connectivity index (χ3v) is 7.22. The maximum absolute atomic E-state index is 13.3. The molecule has 168 valence electrons. The molecule has 1 atom stereocenters. The highest BCUT2D eigenvalue weighted by Crippen LogP contribution is 2.25. The van der Waals surface area contributed by atoms with Crippen molar-refractivity contribution in [1.82, 2.24) is 10.2 Å². The quantitative estimate of drug-likeness (QED) is 0.567. The number of carbonyl (C=O) groups is 2. The number of carbonyl (C=O) groups excluding carboxylic acids is 2. The van der Waals surface area contributed by atoms with Crippen LogP contribution in [0.25, 0.3) is 0 Å². The van der Waals surface area contributed by atoms with Crippen LogP contribution in [-0.4, -0.2) is 51.0 Å². The Morgan fingerprint density at radius 2 is 1.84 bits per heavy atom. The van der Waals surface area contributed by atoms with Crippen LogP contribution in [0.15, 0.2) is 46.9 Å². The summed E-state index contributed by atoms with van der Waals surface area (Å²) in [4.78, 5) is 26.9. The van der Waals surface area contributed by atoms with Gasteiger partial charge in [0.25, 0.3) is 0 Å². The second kappa shape index (κ2) is 10.5. The van der Waals surface area contributed by atoms with Crippen molar-refractivity contribution in [1.29, 1.82) is 0 Å². The van der Waals surface area contributed by atoms with Crippen LogP contribution in [0.4, 0.5) is 5.69 Å². The number of likely N-dealkylation sites (N-methyl/N-ethyl adjacent to an activating group) is 1. The van der Waals surface area contributed by atoms with Crippen LogP contribution in [0.1, 0.15) is 18.1 Å². The van der Waals surface area contributed by atoms with E-state index < -0.39 is 28.5 Å². The predicted molar refractivity (Wildman–Crippen MR) is 127 cm³/mol. The van der Waals surface area contributed by atoms with Crippen LogP contribution in [-0.2, 0) is 26.2 Å². The van der Waals surface area contributed by atoms with Gasteiger partial charge in [0.2, 0.25) is 21.8 Å². The van der Waals surface area contributed by atoms with E-state index in [2.05, 4.69) is 21.2 Å². The maximum Gasteiger partial charge on any atom is 0.244 e. The fourth-order valence-electron chi connectivity index (χ4n) is 3.00. The van der Waals surface area contributed by atoms with Gasteiger partial charge in [-0.3, -0.25) is 13.9 Å². The monoisotopic (exact) mass is 529 g/mol. The van der Waals surface area contributed by atoms with E-state index in [9.17, 15) is 18.0 Å². The molecular formula is C21H25BrClN3O4S. The lowest BCUT2D eigenvalue weighted by molar-refractivity contribution is -0.139. The summed E-state index contributed by atoms with van der Waals surface area (Å²) in [6.07, 6.45) is 1.04. The molecule has 0 spiro atoms. The molecule has 0 bridgehead atoms.